The van der Waals surface area contributed by atoms with Crippen LogP contribution in [0.25, 0.3) is 21.6 Å². The van der Waals surface area contributed by atoms with Crippen LogP contribution >= 0.6 is 11.3 Å². The van der Waals surface area contributed by atoms with Crippen LogP contribution in [0.2, 0.25) is 0 Å². The number of carbonyl (C=O) groups is 3. The predicted octanol–water partition coefficient (Wildman–Crippen LogP) is 6.23. The standard InChI is InChI=1S/C28H33N5O4S.C3H6O2.C2H6.CH4/c1-33-12-6-4-3-5-7-18-15-22(18)31-26(34)21(32-28(33)35)10-13-37-25-17-24(27-29-11-14-38-27)30-23-16-19(36-2)8-9-20(23)25;1-2-5-3-4;1-2;/h5,7-9,11,14,16-18,21-22H,3-4,6,10,12-13,15H2,1-2H3,(H,31,34)(H,32,35);3H,2H2,1H3;1-2H3;1H4/b7-5-;;;/t18-,21?,22?;;;/m1.../s1. The molecule has 1 aliphatic carbocycles. The Morgan fingerprint density at radius 3 is 2.63 bits per heavy atom. The Balaban J connectivity index is 0.000000841. The summed E-state index contributed by atoms with van der Waals surface area (Å²) in [6, 6.07) is 6.67. The number of thiazole rings is 1. The molecule has 11 nitrogen and oxygen atoms in total. The predicted molar refractivity (Wildman–Crippen MR) is 183 cm³/mol. The molecule has 3 amide bonds. The second kappa shape index (κ2) is 20.0. The van der Waals surface area contributed by atoms with E-state index in [2.05, 4.69) is 32.5 Å². The van der Waals surface area contributed by atoms with Crippen molar-refractivity contribution in [2.24, 2.45) is 5.92 Å². The maximum Gasteiger partial charge on any atom is 0.317 e. The summed E-state index contributed by atoms with van der Waals surface area (Å²) >= 11 is 1.50. The average Bonchev–Trinajstić information content (AvgIpc) is 3.54. The molecule has 1 aliphatic heterocycles. The molecule has 3 atom stereocenters. The van der Waals surface area contributed by atoms with Gasteiger partial charge in [0.25, 0.3) is 6.47 Å². The van der Waals surface area contributed by atoms with Gasteiger partial charge in [0.05, 0.1) is 25.8 Å². The molecule has 12 heteroatoms. The van der Waals surface area contributed by atoms with Crippen LogP contribution in [0.3, 0.4) is 0 Å². The van der Waals surface area contributed by atoms with Crippen LogP contribution in [0.4, 0.5) is 4.79 Å². The number of nitrogens with one attached hydrogen (secondary N) is 2. The molecule has 252 valence electrons. The number of fused-ring (bicyclic) bond motifs is 2. The molecular formula is C34H49N5O6S. The highest BCUT2D eigenvalue weighted by atomic mass is 32.1. The Morgan fingerprint density at radius 2 is 1.96 bits per heavy atom. The Hall–Kier alpha value is -4.19. The van der Waals surface area contributed by atoms with Gasteiger partial charge in [0, 0.05) is 55.2 Å². The fourth-order valence-corrected chi connectivity index (χ4v) is 5.22. The Bertz CT molecular complexity index is 1400. The number of aromatic nitrogens is 2. The molecule has 0 radical (unpaired) electrons. The smallest absolute Gasteiger partial charge is 0.317 e. The van der Waals surface area contributed by atoms with Crippen LogP contribution in [0.5, 0.6) is 11.5 Å². The van der Waals surface area contributed by atoms with E-state index in [9.17, 15) is 14.4 Å². The third-order valence-electron chi connectivity index (χ3n) is 7.16. The van der Waals surface area contributed by atoms with Crippen LogP contribution in [0.15, 0.2) is 48.0 Å². The van der Waals surface area contributed by atoms with E-state index in [1.165, 1.54) is 11.3 Å². The summed E-state index contributed by atoms with van der Waals surface area (Å²) in [6.07, 6.45) is 10.4. The lowest BCUT2D eigenvalue weighted by Crippen LogP contribution is -2.51. The van der Waals surface area contributed by atoms with Gasteiger partial charge in [-0.3, -0.25) is 9.59 Å². The summed E-state index contributed by atoms with van der Waals surface area (Å²) < 4.78 is 15.8. The summed E-state index contributed by atoms with van der Waals surface area (Å²) in [4.78, 5) is 46.0. The van der Waals surface area contributed by atoms with Gasteiger partial charge < -0.3 is 29.7 Å². The number of nitrogens with zero attached hydrogens (tertiary/aromatic N) is 3. The fourth-order valence-electron chi connectivity index (χ4n) is 4.63. The Labute approximate surface area is 276 Å². The maximum absolute atomic E-state index is 13.2. The van der Waals surface area contributed by atoms with E-state index in [1.807, 2.05) is 43.5 Å². The molecule has 46 heavy (non-hydrogen) atoms. The highest BCUT2D eigenvalue weighted by molar-refractivity contribution is 7.13. The number of hydrogen-bond acceptors (Lipinski definition) is 9. The van der Waals surface area contributed by atoms with Gasteiger partial charge in [-0.25, -0.2) is 14.8 Å². The SMILES string of the molecule is C.CC.CCOC=O.COc1ccc2c(OCCC3NC(=O)N(C)CCCC/C=C\[C@@H]4CC4NC3=O)cc(-c3nccs3)nc2c1. The second-order valence-electron chi connectivity index (χ2n) is 10.3. The van der Waals surface area contributed by atoms with E-state index >= 15 is 0 Å². The minimum Gasteiger partial charge on any atom is -0.497 e. The van der Waals surface area contributed by atoms with Crippen molar-refractivity contribution in [3.63, 3.8) is 0 Å². The van der Waals surface area contributed by atoms with Gasteiger partial charge in [0.2, 0.25) is 5.91 Å². The molecule has 2 unspecified atom stereocenters. The zero-order chi connectivity index (χ0) is 32.6. The average molecular weight is 656 g/mol. The van der Waals surface area contributed by atoms with E-state index in [1.54, 1.807) is 32.2 Å². The van der Waals surface area contributed by atoms with E-state index in [-0.39, 0.29) is 32.0 Å². The summed E-state index contributed by atoms with van der Waals surface area (Å²) in [5.74, 6) is 1.53. The van der Waals surface area contributed by atoms with Crippen molar-refractivity contribution in [3.05, 3.63) is 48.0 Å². The molecule has 2 aromatic heterocycles. The van der Waals surface area contributed by atoms with Crippen molar-refractivity contribution in [2.45, 2.75) is 72.4 Å². The normalized spacial score (nSPS) is 19.9. The molecule has 1 fully saturated rings. The molecule has 0 bridgehead atoms. The lowest BCUT2D eigenvalue weighted by Gasteiger charge is -2.24. The van der Waals surface area contributed by atoms with E-state index < -0.39 is 6.04 Å². The summed E-state index contributed by atoms with van der Waals surface area (Å²) in [6.45, 7) is 7.54. The molecule has 1 saturated carbocycles. The van der Waals surface area contributed by atoms with Gasteiger partial charge in [0.1, 0.15) is 28.2 Å². The van der Waals surface area contributed by atoms with Gasteiger partial charge in [-0.2, -0.15) is 0 Å². The van der Waals surface area contributed by atoms with Crippen molar-refractivity contribution < 1.29 is 28.6 Å². The van der Waals surface area contributed by atoms with Crippen LogP contribution in [-0.2, 0) is 14.3 Å². The molecular weight excluding hydrogens is 606 g/mol. The Morgan fingerprint density at radius 1 is 1.15 bits per heavy atom. The van der Waals surface area contributed by atoms with Gasteiger partial charge in [0.15, 0.2) is 0 Å². The first-order valence-electron chi connectivity index (χ1n) is 15.5. The van der Waals surface area contributed by atoms with Crippen LogP contribution in [0, 0.1) is 5.92 Å². The molecule has 0 saturated heterocycles. The molecule has 2 aliphatic rings. The molecule has 1 aromatic carbocycles. The van der Waals surface area contributed by atoms with E-state index in [0.717, 1.165) is 41.6 Å². The molecule has 3 heterocycles. The lowest BCUT2D eigenvalue weighted by molar-refractivity contribution is -0.128. The summed E-state index contributed by atoms with van der Waals surface area (Å²) in [5.41, 5.74) is 1.43. The molecule has 5 rings (SSSR count). The first-order valence-corrected chi connectivity index (χ1v) is 16.4. The maximum atomic E-state index is 13.2. The summed E-state index contributed by atoms with van der Waals surface area (Å²) in [7, 11) is 3.38. The van der Waals surface area contributed by atoms with Gasteiger partial charge in [-0.1, -0.05) is 33.4 Å². The number of rotatable bonds is 8. The molecule has 2 N–H and O–H groups in total. The van der Waals surface area contributed by atoms with Gasteiger partial charge >= 0.3 is 6.03 Å². The first-order chi connectivity index (χ1) is 21.9. The van der Waals surface area contributed by atoms with Crippen molar-refractivity contribution in [1.82, 2.24) is 25.5 Å². The van der Waals surface area contributed by atoms with Crippen molar-refractivity contribution in [3.8, 4) is 22.2 Å². The second-order valence-corrected chi connectivity index (χ2v) is 11.2. The van der Waals surface area contributed by atoms with Crippen molar-refractivity contribution in [1.29, 1.82) is 0 Å². The van der Waals surface area contributed by atoms with Crippen LogP contribution in [-0.4, -0.2) is 79.3 Å². The summed E-state index contributed by atoms with van der Waals surface area (Å²) in [5, 5.41) is 9.54. The topological polar surface area (TPSA) is 132 Å². The zero-order valence-electron chi connectivity index (χ0n) is 26.8. The Kier molecular flexibility index (Phi) is 16.6. The molecule has 0 spiro atoms. The third kappa shape index (κ3) is 11.3. The highest BCUT2D eigenvalue weighted by Crippen LogP contribution is 2.34. The van der Waals surface area contributed by atoms with Crippen LogP contribution in [0.1, 0.15) is 60.3 Å². The number of carbonyl (C=O) groups excluding carboxylic acids is 3. The van der Waals surface area contributed by atoms with E-state index in [4.69, 9.17) is 14.5 Å². The zero-order valence-corrected chi connectivity index (χ0v) is 27.6. The minimum atomic E-state index is -0.704. The largest absolute Gasteiger partial charge is 0.497 e. The van der Waals surface area contributed by atoms with Gasteiger partial charge in [-0.05, 0) is 50.7 Å². The minimum absolute atomic E-state index is 0. The van der Waals surface area contributed by atoms with Crippen molar-refractivity contribution in [2.75, 3.05) is 33.9 Å². The number of amides is 3. The quantitative estimate of drug-likeness (QED) is 0.216. The number of pyridine rings is 1. The molecule has 3 aromatic rings. The monoisotopic (exact) mass is 655 g/mol. The van der Waals surface area contributed by atoms with Gasteiger partial charge in [-0.15, -0.1) is 11.3 Å². The number of benzene rings is 1. The highest BCUT2D eigenvalue weighted by Gasteiger charge is 2.37. The van der Waals surface area contributed by atoms with Crippen LogP contribution < -0.4 is 20.1 Å². The number of ether oxygens (including phenoxy) is 3. The number of urea groups is 1. The number of methoxy groups -OCH3 is 1. The lowest BCUT2D eigenvalue weighted by atomic mass is 10.1. The fraction of sp³-hybridized carbons (Fsp3) is 0.500. The first kappa shape index (κ1) is 38.0. The third-order valence-corrected chi connectivity index (χ3v) is 7.95. The van der Waals surface area contributed by atoms with E-state index in [0.29, 0.717) is 49.2 Å². The number of allylic oxidation sites excluding steroid dienone is 1. The van der Waals surface area contributed by atoms with Crippen molar-refractivity contribution >= 4 is 40.7 Å². The number of hydrogen-bond donors (Lipinski definition) is 2.